The fourth-order valence-electron chi connectivity index (χ4n) is 1.82. The van der Waals surface area contributed by atoms with Crippen molar-refractivity contribution in [1.82, 2.24) is 0 Å². The van der Waals surface area contributed by atoms with E-state index in [0.717, 1.165) is 22.4 Å². The van der Waals surface area contributed by atoms with Crippen molar-refractivity contribution < 1.29 is 14.2 Å². The fourth-order valence-corrected chi connectivity index (χ4v) is 2.02. The first-order valence-electron chi connectivity index (χ1n) is 6.37. The van der Waals surface area contributed by atoms with Crippen LogP contribution in [0.15, 0.2) is 36.4 Å². The van der Waals surface area contributed by atoms with E-state index in [2.05, 4.69) is 11.8 Å². The van der Waals surface area contributed by atoms with Crippen LogP contribution in [0.5, 0.6) is 5.75 Å². The molecule has 0 fully saturated rings. The summed E-state index contributed by atoms with van der Waals surface area (Å²) in [5, 5.41) is 8.75. The summed E-state index contributed by atoms with van der Waals surface area (Å²) >= 11 is 5.73. The Bertz CT molecular complexity index is 702. The number of aryl methyl sites for hydroxylation is 1. The number of aliphatic hydroxyl groups is 1. The zero-order valence-corrected chi connectivity index (χ0v) is 12.2. The minimum atomic E-state index is -0.441. The first-order valence-corrected chi connectivity index (χ1v) is 6.75. The second-order valence-electron chi connectivity index (χ2n) is 4.48. The van der Waals surface area contributed by atoms with E-state index in [1.54, 1.807) is 12.1 Å². The van der Waals surface area contributed by atoms with Crippen LogP contribution in [0.1, 0.15) is 16.7 Å². The molecule has 0 spiro atoms. The minimum absolute atomic E-state index is 0.0856. The van der Waals surface area contributed by atoms with E-state index < -0.39 is 5.82 Å². The van der Waals surface area contributed by atoms with Crippen molar-refractivity contribution in [2.24, 2.45) is 0 Å². The first kappa shape index (κ1) is 15.4. The third-order valence-electron chi connectivity index (χ3n) is 2.87. The maximum absolute atomic E-state index is 13.1. The molecule has 2 aromatic carbocycles. The molecule has 0 atom stereocenters. The molecule has 0 amide bonds. The van der Waals surface area contributed by atoms with Gasteiger partial charge in [0, 0.05) is 5.56 Å². The Balaban J connectivity index is 2.07. The molecule has 0 unspecified atom stereocenters. The summed E-state index contributed by atoms with van der Waals surface area (Å²) in [5.41, 5.74) is 2.55. The second kappa shape index (κ2) is 7.12. The van der Waals surface area contributed by atoms with Gasteiger partial charge in [-0.05, 0) is 48.4 Å². The molecule has 0 aliphatic carbocycles. The maximum Gasteiger partial charge on any atom is 0.141 e. The molecule has 0 aliphatic rings. The standard InChI is InChI=1S/C17H14ClFO2/c1-12-9-13(3-2-8-20)5-7-17(12)21-11-14-4-6-16(19)15(18)10-14/h4-7,9-10,20H,8,11H2,1H3. The highest BCUT2D eigenvalue weighted by Gasteiger charge is 2.04. The highest BCUT2D eigenvalue weighted by Crippen LogP contribution is 2.21. The molecule has 2 nitrogen and oxygen atoms in total. The molecule has 0 saturated heterocycles. The Hall–Kier alpha value is -2.02. The zero-order valence-electron chi connectivity index (χ0n) is 11.5. The molecule has 21 heavy (non-hydrogen) atoms. The van der Waals surface area contributed by atoms with Crippen LogP contribution in [0.3, 0.4) is 0 Å². The molecule has 0 aromatic heterocycles. The largest absolute Gasteiger partial charge is 0.489 e. The van der Waals surface area contributed by atoms with Crippen LogP contribution in [-0.2, 0) is 6.61 Å². The number of halogens is 2. The lowest BCUT2D eigenvalue weighted by molar-refractivity contribution is 0.304. The van der Waals surface area contributed by atoms with Gasteiger partial charge in [0.15, 0.2) is 0 Å². The SMILES string of the molecule is Cc1cc(C#CCO)ccc1OCc1ccc(F)c(Cl)c1. The summed E-state index contributed by atoms with van der Waals surface area (Å²) in [5.74, 6) is 5.72. The van der Waals surface area contributed by atoms with Crippen molar-refractivity contribution >= 4 is 11.6 Å². The number of benzene rings is 2. The molecule has 0 heterocycles. The number of hydrogen-bond donors (Lipinski definition) is 1. The van der Waals surface area contributed by atoms with Gasteiger partial charge < -0.3 is 9.84 Å². The van der Waals surface area contributed by atoms with Crippen LogP contribution >= 0.6 is 11.6 Å². The van der Waals surface area contributed by atoms with E-state index in [4.69, 9.17) is 21.4 Å². The summed E-state index contributed by atoms with van der Waals surface area (Å²) in [7, 11) is 0. The maximum atomic E-state index is 13.1. The van der Waals surface area contributed by atoms with Gasteiger partial charge in [-0.1, -0.05) is 29.5 Å². The number of hydrogen-bond acceptors (Lipinski definition) is 2. The third-order valence-corrected chi connectivity index (χ3v) is 3.15. The lowest BCUT2D eigenvalue weighted by atomic mass is 10.1. The Kier molecular flexibility index (Phi) is 5.21. The van der Waals surface area contributed by atoms with Crippen LogP contribution in [-0.4, -0.2) is 11.7 Å². The lowest BCUT2D eigenvalue weighted by Gasteiger charge is -2.10. The van der Waals surface area contributed by atoms with Crippen molar-refractivity contribution in [3.05, 3.63) is 63.9 Å². The van der Waals surface area contributed by atoms with E-state index in [0.29, 0.717) is 6.61 Å². The van der Waals surface area contributed by atoms with E-state index in [-0.39, 0.29) is 11.6 Å². The molecule has 108 valence electrons. The van der Waals surface area contributed by atoms with E-state index in [9.17, 15) is 4.39 Å². The van der Waals surface area contributed by atoms with E-state index in [1.807, 2.05) is 25.1 Å². The van der Waals surface area contributed by atoms with Crippen molar-refractivity contribution in [2.45, 2.75) is 13.5 Å². The highest BCUT2D eigenvalue weighted by molar-refractivity contribution is 6.30. The van der Waals surface area contributed by atoms with Gasteiger partial charge in [0.2, 0.25) is 0 Å². The normalized spacial score (nSPS) is 9.90. The summed E-state index contributed by atoms with van der Waals surface area (Å²) in [6.45, 7) is 2.06. The quantitative estimate of drug-likeness (QED) is 0.876. The van der Waals surface area contributed by atoms with Gasteiger partial charge in [-0.2, -0.15) is 0 Å². The molecule has 0 radical (unpaired) electrons. The highest BCUT2D eigenvalue weighted by atomic mass is 35.5. The molecule has 0 bridgehead atoms. The van der Waals surface area contributed by atoms with Crippen LogP contribution in [0.25, 0.3) is 0 Å². The van der Waals surface area contributed by atoms with Crippen LogP contribution in [0.2, 0.25) is 5.02 Å². The van der Waals surface area contributed by atoms with Crippen molar-refractivity contribution in [2.75, 3.05) is 6.61 Å². The molecule has 1 N–H and O–H groups in total. The smallest absolute Gasteiger partial charge is 0.141 e. The van der Waals surface area contributed by atoms with Gasteiger partial charge in [-0.3, -0.25) is 0 Å². The summed E-state index contributed by atoms with van der Waals surface area (Å²) in [4.78, 5) is 0. The number of rotatable bonds is 3. The Morgan fingerprint density at radius 3 is 2.71 bits per heavy atom. The minimum Gasteiger partial charge on any atom is -0.489 e. The van der Waals surface area contributed by atoms with Gasteiger partial charge in [0.1, 0.15) is 24.8 Å². The topological polar surface area (TPSA) is 29.5 Å². The third kappa shape index (κ3) is 4.22. The van der Waals surface area contributed by atoms with Crippen LogP contribution in [0, 0.1) is 24.6 Å². The zero-order chi connectivity index (χ0) is 15.2. The molecule has 2 aromatic rings. The number of aliphatic hydroxyl groups excluding tert-OH is 1. The molecule has 0 saturated carbocycles. The molecular formula is C17H14ClFO2. The van der Waals surface area contributed by atoms with Gasteiger partial charge in [0.25, 0.3) is 0 Å². The molecular weight excluding hydrogens is 291 g/mol. The summed E-state index contributed by atoms with van der Waals surface area (Å²) < 4.78 is 18.8. The fraction of sp³-hybridized carbons (Fsp3) is 0.176. The Morgan fingerprint density at radius 1 is 1.24 bits per heavy atom. The summed E-state index contributed by atoms with van der Waals surface area (Å²) in [6.07, 6.45) is 0. The van der Waals surface area contributed by atoms with Gasteiger partial charge in [-0.15, -0.1) is 0 Å². The summed E-state index contributed by atoms with van der Waals surface area (Å²) in [6, 6.07) is 10.0. The van der Waals surface area contributed by atoms with Gasteiger partial charge in [0.05, 0.1) is 5.02 Å². The predicted octanol–water partition coefficient (Wildman–Crippen LogP) is 3.71. The van der Waals surface area contributed by atoms with Crippen molar-refractivity contribution in [3.8, 4) is 17.6 Å². The predicted molar refractivity (Wildman–Crippen MR) is 80.9 cm³/mol. The van der Waals surface area contributed by atoms with E-state index >= 15 is 0 Å². The molecule has 0 aliphatic heterocycles. The Labute approximate surface area is 128 Å². The average molecular weight is 305 g/mol. The van der Waals surface area contributed by atoms with E-state index in [1.165, 1.54) is 6.07 Å². The van der Waals surface area contributed by atoms with Crippen molar-refractivity contribution in [3.63, 3.8) is 0 Å². The molecule has 4 heteroatoms. The van der Waals surface area contributed by atoms with Gasteiger partial charge >= 0.3 is 0 Å². The Morgan fingerprint density at radius 2 is 2.05 bits per heavy atom. The molecule has 2 rings (SSSR count). The second-order valence-corrected chi connectivity index (χ2v) is 4.88. The lowest BCUT2D eigenvalue weighted by Crippen LogP contribution is -1.98. The first-order chi connectivity index (χ1) is 10.1. The monoisotopic (exact) mass is 304 g/mol. The average Bonchev–Trinajstić information content (AvgIpc) is 2.47. The number of ether oxygens (including phenoxy) is 1. The van der Waals surface area contributed by atoms with Crippen LogP contribution in [0.4, 0.5) is 4.39 Å². The van der Waals surface area contributed by atoms with Gasteiger partial charge in [-0.25, -0.2) is 4.39 Å². The van der Waals surface area contributed by atoms with Crippen molar-refractivity contribution in [1.29, 1.82) is 0 Å². The van der Waals surface area contributed by atoms with Crippen LogP contribution < -0.4 is 4.74 Å².